The van der Waals surface area contributed by atoms with Crippen molar-refractivity contribution in [1.29, 1.82) is 0 Å². The Bertz CT molecular complexity index is 601. The van der Waals surface area contributed by atoms with Gasteiger partial charge < -0.3 is 4.90 Å². The van der Waals surface area contributed by atoms with Gasteiger partial charge in [-0.2, -0.15) is 0 Å². The van der Waals surface area contributed by atoms with Crippen molar-refractivity contribution in [2.45, 2.75) is 31.5 Å². The van der Waals surface area contributed by atoms with Crippen LogP contribution in [0.2, 0.25) is 0 Å². The molecular weight excluding hydrogens is 312 g/mol. The van der Waals surface area contributed by atoms with Crippen LogP contribution in [0.3, 0.4) is 0 Å². The monoisotopic (exact) mass is 332 g/mol. The van der Waals surface area contributed by atoms with Gasteiger partial charge in [0.05, 0.1) is 5.52 Å². The highest BCUT2D eigenvalue weighted by atomic mass is 79.9. The third-order valence-electron chi connectivity index (χ3n) is 4.35. The molecule has 0 N–H and O–H groups in total. The molecule has 1 fully saturated rings. The van der Waals surface area contributed by atoms with Crippen molar-refractivity contribution in [2.24, 2.45) is 5.92 Å². The Labute approximate surface area is 129 Å². The standard InChI is InChI=1S/C17H21BrN2/c1-12-11-17(15-5-3-4-6-16(15)19-12)20-9-7-14(8-10-20)13(2)18/h3-6,11,13-14H,7-10H2,1-2H3. The maximum absolute atomic E-state index is 4.64. The van der Waals surface area contributed by atoms with Gasteiger partial charge in [0.15, 0.2) is 0 Å². The topological polar surface area (TPSA) is 16.1 Å². The average molecular weight is 333 g/mol. The smallest absolute Gasteiger partial charge is 0.0726 e. The van der Waals surface area contributed by atoms with Crippen LogP contribution in [0, 0.1) is 12.8 Å². The second-order valence-electron chi connectivity index (χ2n) is 5.80. The summed E-state index contributed by atoms with van der Waals surface area (Å²) in [6.45, 7) is 6.65. The number of hydrogen-bond donors (Lipinski definition) is 0. The molecule has 0 radical (unpaired) electrons. The summed E-state index contributed by atoms with van der Waals surface area (Å²) >= 11 is 3.73. The molecule has 3 rings (SSSR count). The lowest BCUT2D eigenvalue weighted by atomic mass is 9.93. The molecule has 3 heteroatoms. The second-order valence-corrected chi connectivity index (χ2v) is 7.25. The Kier molecular flexibility index (Phi) is 3.97. The summed E-state index contributed by atoms with van der Waals surface area (Å²) in [5, 5.41) is 1.28. The molecule has 1 saturated heterocycles. The highest BCUT2D eigenvalue weighted by Gasteiger charge is 2.23. The Balaban J connectivity index is 1.91. The zero-order valence-electron chi connectivity index (χ0n) is 12.1. The fourth-order valence-electron chi connectivity index (χ4n) is 3.15. The first-order valence-electron chi connectivity index (χ1n) is 7.40. The van der Waals surface area contributed by atoms with Crippen LogP contribution in [0.5, 0.6) is 0 Å². The van der Waals surface area contributed by atoms with E-state index in [1.807, 2.05) is 0 Å². The normalized spacial score (nSPS) is 18.4. The minimum absolute atomic E-state index is 0.626. The Morgan fingerprint density at radius 2 is 1.95 bits per heavy atom. The van der Waals surface area contributed by atoms with Crippen LogP contribution in [0.1, 0.15) is 25.5 Å². The number of benzene rings is 1. The van der Waals surface area contributed by atoms with E-state index in [0.29, 0.717) is 4.83 Å². The van der Waals surface area contributed by atoms with Gasteiger partial charge >= 0.3 is 0 Å². The lowest BCUT2D eigenvalue weighted by molar-refractivity contribution is 0.407. The van der Waals surface area contributed by atoms with Crippen LogP contribution in [0.15, 0.2) is 30.3 Å². The summed E-state index contributed by atoms with van der Waals surface area (Å²) in [5.74, 6) is 0.806. The summed E-state index contributed by atoms with van der Waals surface area (Å²) in [4.78, 5) is 7.80. The van der Waals surface area contributed by atoms with Crippen LogP contribution < -0.4 is 4.90 Å². The van der Waals surface area contributed by atoms with Crippen molar-refractivity contribution in [3.63, 3.8) is 0 Å². The quantitative estimate of drug-likeness (QED) is 0.750. The van der Waals surface area contributed by atoms with E-state index < -0.39 is 0 Å². The SMILES string of the molecule is Cc1cc(N2CCC(C(C)Br)CC2)c2ccccc2n1. The second kappa shape index (κ2) is 5.72. The van der Waals surface area contributed by atoms with Gasteiger partial charge in [-0.15, -0.1) is 0 Å². The van der Waals surface area contributed by atoms with Gasteiger partial charge in [0, 0.05) is 34.7 Å². The van der Waals surface area contributed by atoms with Gasteiger partial charge in [-0.1, -0.05) is 41.1 Å². The highest BCUT2D eigenvalue weighted by molar-refractivity contribution is 9.09. The highest BCUT2D eigenvalue weighted by Crippen LogP contribution is 2.32. The number of pyridine rings is 1. The molecular formula is C17H21BrN2. The van der Waals surface area contributed by atoms with Gasteiger partial charge in [-0.25, -0.2) is 0 Å². The molecule has 1 atom stereocenters. The van der Waals surface area contributed by atoms with Gasteiger partial charge in [-0.05, 0) is 37.8 Å². The largest absolute Gasteiger partial charge is 0.371 e. The number of aromatic nitrogens is 1. The number of hydrogen-bond acceptors (Lipinski definition) is 2. The molecule has 0 aliphatic carbocycles. The molecule has 2 aromatic rings. The zero-order chi connectivity index (χ0) is 14.1. The summed E-state index contributed by atoms with van der Waals surface area (Å²) in [6.07, 6.45) is 2.53. The number of aryl methyl sites for hydroxylation is 1. The van der Waals surface area contributed by atoms with E-state index in [9.17, 15) is 0 Å². The first kappa shape index (κ1) is 13.9. The summed E-state index contributed by atoms with van der Waals surface area (Å²) in [7, 11) is 0. The van der Waals surface area contributed by atoms with Gasteiger partial charge in [-0.3, -0.25) is 4.98 Å². The first-order chi connectivity index (χ1) is 9.65. The molecule has 0 spiro atoms. The number of alkyl halides is 1. The molecule has 2 heterocycles. The molecule has 1 aromatic heterocycles. The van der Waals surface area contributed by atoms with Crippen molar-refractivity contribution < 1.29 is 0 Å². The van der Waals surface area contributed by atoms with E-state index in [1.165, 1.54) is 23.9 Å². The van der Waals surface area contributed by atoms with Crippen molar-refractivity contribution >= 4 is 32.5 Å². The summed E-state index contributed by atoms with van der Waals surface area (Å²) in [6, 6.07) is 10.7. The zero-order valence-corrected chi connectivity index (χ0v) is 13.7. The van der Waals surface area contributed by atoms with Crippen molar-refractivity contribution in [3.8, 4) is 0 Å². The van der Waals surface area contributed by atoms with Crippen LogP contribution in [0.4, 0.5) is 5.69 Å². The lowest BCUT2D eigenvalue weighted by Crippen LogP contribution is -2.36. The summed E-state index contributed by atoms with van der Waals surface area (Å²) in [5.41, 5.74) is 3.57. The molecule has 2 nitrogen and oxygen atoms in total. The predicted octanol–water partition coefficient (Wildman–Crippen LogP) is 4.54. The van der Waals surface area contributed by atoms with E-state index in [4.69, 9.17) is 0 Å². The van der Waals surface area contributed by atoms with E-state index in [1.54, 1.807) is 0 Å². The number of fused-ring (bicyclic) bond motifs is 1. The van der Waals surface area contributed by atoms with Crippen LogP contribution in [-0.4, -0.2) is 22.9 Å². The number of piperidine rings is 1. The average Bonchev–Trinajstić information content (AvgIpc) is 2.46. The third-order valence-corrected chi connectivity index (χ3v) is 5.10. The Hall–Kier alpha value is -1.09. The fraction of sp³-hybridized carbons (Fsp3) is 0.471. The molecule has 1 aliphatic rings. The number of rotatable bonds is 2. The Morgan fingerprint density at radius 1 is 1.25 bits per heavy atom. The van der Waals surface area contributed by atoms with Crippen molar-refractivity contribution in [3.05, 3.63) is 36.0 Å². The predicted molar refractivity (Wildman–Crippen MR) is 89.8 cm³/mol. The van der Waals surface area contributed by atoms with E-state index >= 15 is 0 Å². The molecule has 1 aliphatic heterocycles. The minimum Gasteiger partial charge on any atom is -0.371 e. The van der Waals surface area contributed by atoms with Crippen molar-refractivity contribution in [1.82, 2.24) is 4.98 Å². The number of anilines is 1. The van der Waals surface area contributed by atoms with Crippen LogP contribution >= 0.6 is 15.9 Å². The Morgan fingerprint density at radius 3 is 2.65 bits per heavy atom. The van der Waals surface area contributed by atoms with E-state index in [-0.39, 0.29) is 0 Å². The minimum atomic E-state index is 0.626. The summed E-state index contributed by atoms with van der Waals surface area (Å²) < 4.78 is 0. The first-order valence-corrected chi connectivity index (χ1v) is 8.32. The number of para-hydroxylation sites is 1. The fourth-order valence-corrected chi connectivity index (χ4v) is 3.68. The maximum Gasteiger partial charge on any atom is 0.0726 e. The van der Waals surface area contributed by atoms with Gasteiger partial charge in [0.2, 0.25) is 0 Å². The number of nitrogens with zero attached hydrogens (tertiary/aromatic N) is 2. The molecule has 106 valence electrons. The third kappa shape index (κ3) is 2.69. The van der Waals surface area contributed by atoms with E-state index in [0.717, 1.165) is 30.2 Å². The molecule has 1 unspecified atom stereocenters. The maximum atomic E-state index is 4.64. The molecule has 0 saturated carbocycles. The van der Waals surface area contributed by atoms with Gasteiger partial charge in [0.1, 0.15) is 0 Å². The van der Waals surface area contributed by atoms with Crippen molar-refractivity contribution in [2.75, 3.05) is 18.0 Å². The van der Waals surface area contributed by atoms with Gasteiger partial charge in [0.25, 0.3) is 0 Å². The molecule has 0 bridgehead atoms. The van der Waals surface area contributed by atoms with E-state index in [2.05, 4.69) is 70.0 Å². The van der Waals surface area contributed by atoms with Crippen LogP contribution in [-0.2, 0) is 0 Å². The molecule has 20 heavy (non-hydrogen) atoms. The molecule has 1 aromatic carbocycles. The molecule has 0 amide bonds. The number of halogens is 1. The van der Waals surface area contributed by atoms with Crippen LogP contribution in [0.25, 0.3) is 10.9 Å². The lowest BCUT2D eigenvalue weighted by Gasteiger charge is -2.35.